The zero-order chi connectivity index (χ0) is 19.4. The van der Waals surface area contributed by atoms with E-state index in [0.29, 0.717) is 21.8 Å². The summed E-state index contributed by atoms with van der Waals surface area (Å²) in [5.74, 6) is -1.87. The molecule has 0 unspecified atom stereocenters. The number of nitrogens with one attached hydrogen (secondary N) is 3. The van der Waals surface area contributed by atoms with Crippen LogP contribution in [0.1, 0.15) is 11.1 Å². The Hall–Kier alpha value is -3.45. The minimum atomic E-state index is -0.970. The lowest BCUT2D eigenvalue weighted by Gasteiger charge is -2.08. The number of aromatic amines is 1. The highest BCUT2D eigenvalue weighted by Gasteiger charge is 2.14. The maximum Gasteiger partial charge on any atom is 0.329 e. The van der Waals surface area contributed by atoms with Crippen LogP contribution in [0, 0.1) is 6.92 Å². The van der Waals surface area contributed by atoms with Crippen molar-refractivity contribution in [2.24, 2.45) is 5.10 Å². The Morgan fingerprint density at radius 3 is 2.70 bits per heavy atom. The van der Waals surface area contributed by atoms with Crippen LogP contribution in [-0.4, -0.2) is 23.0 Å². The first-order valence-corrected chi connectivity index (χ1v) is 8.35. The molecule has 1 heterocycles. The van der Waals surface area contributed by atoms with Gasteiger partial charge in [0.2, 0.25) is 0 Å². The second kappa shape index (κ2) is 7.84. The number of hydrazone groups is 1. The molecule has 0 aliphatic rings. The summed E-state index contributed by atoms with van der Waals surface area (Å²) >= 11 is 5.98. The van der Waals surface area contributed by atoms with Gasteiger partial charge in [-0.25, -0.2) is 5.43 Å². The van der Waals surface area contributed by atoms with Gasteiger partial charge in [-0.15, -0.1) is 0 Å². The predicted molar refractivity (Wildman–Crippen MR) is 105 cm³/mol. The van der Waals surface area contributed by atoms with Crippen molar-refractivity contribution in [1.29, 1.82) is 0 Å². The smallest absolute Gasteiger partial charge is 0.321 e. The molecule has 0 saturated heterocycles. The van der Waals surface area contributed by atoms with Crippen molar-refractivity contribution in [1.82, 2.24) is 10.4 Å². The number of halogens is 1. The number of carbonyl (C=O) groups excluding carboxylic acids is 2. The lowest BCUT2D eigenvalue weighted by molar-refractivity contribution is -0.136. The van der Waals surface area contributed by atoms with E-state index < -0.39 is 11.8 Å². The van der Waals surface area contributed by atoms with Gasteiger partial charge in [0.05, 0.1) is 11.8 Å². The van der Waals surface area contributed by atoms with E-state index in [2.05, 4.69) is 20.8 Å². The number of hydrogen-bond acceptors (Lipinski definition) is 4. The molecule has 3 rings (SSSR count). The quantitative estimate of drug-likeness (QED) is 0.368. The molecule has 0 atom stereocenters. The van der Waals surface area contributed by atoms with Crippen molar-refractivity contribution >= 4 is 46.2 Å². The highest BCUT2D eigenvalue weighted by Crippen LogP contribution is 2.22. The molecule has 3 aromatic rings. The van der Waals surface area contributed by atoms with Crippen molar-refractivity contribution in [2.75, 3.05) is 5.32 Å². The molecule has 0 aliphatic heterocycles. The van der Waals surface area contributed by atoms with E-state index in [9.17, 15) is 14.4 Å². The summed E-state index contributed by atoms with van der Waals surface area (Å²) in [4.78, 5) is 38.5. The molecule has 0 saturated carbocycles. The molecule has 2 amide bonds. The summed E-state index contributed by atoms with van der Waals surface area (Å²) < 4.78 is 0. The number of pyridine rings is 1. The minimum absolute atomic E-state index is 0.250. The first-order valence-electron chi connectivity index (χ1n) is 7.97. The number of rotatable bonds is 3. The SMILES string of the molecule is Cc1c(Cl)cccc1NC(=O)C(=O)NN=Cc1cc2ccccc2[nH]c1=O. The van der Waals surface area contributed by atoms with E-state index in [-0.39, 0.29) is 11.1 Å². The number of H-pyrrole nitrogens is 1. The molecule has 2 aromatic carbocycles. The number of amides is 2. The molecule has 27 heavy (non-hydrogen) atoms. The molecule has 0 radical (unpaired) electrons. The molecule has 0 fully saturated rings. The maximum atomic E-state index is 12.0. The number of para-hydroxylation sites is 1. The second-order valence-electron chi connectivity index (χ2n) is 5.71. The van der Waals surface area contributed by atoms with Gasteiger partial charge in [-0.05, 0) is 42.1 Å². The second-order valence-corrected chi connectivity index (χ2v) is 6.11. The van der Waals surface area contributed by atoms with Crippen LogP contribution in [0.4, 0.5) is 5.69 Å². The standard InChI is InChI=1S/C19H15ClN4O3/c1-11-14(20)6-4-8-15(11)22-18(26)19(27)24-21-10-13-9-12-5-2-3-7-16(12)23-17(13)25/h2-10H,1H3,(H,22,26)(H,23,25)(H,24,27). The molecular formula is C19H15ClN4O3. The molecule has 8 heteroatoms. The van der Waals surface area contributed by atoms with Gasteiger partial charge in [-0.3, -0.25) is 14.4 Å². The Bertz CT molecular complexity index is 1120. The first kappa shape index (κ1) is 18.3. The number of anilines is 1. The minimum Gasteiger partial charge on any atom is -0.321 e. The fraction of sp³-hybridized carbons (Fsp3) is 0.0526. The van der Waals surface area contributed by atoms with Crippen LogP contribution in [0.2, 0.25) is 5.02 Å². The third kappa shape index (κ3) is 4.21. The van der Waals surface area contributed by atoms with Crippen LogP contribution in [0.15, 0.2) is 58.4 Å². The van der Waals surface area contributed by atoms with E-state index in [1.807, 2.05) is 18.2 Å². The van der Waals surface area contributed by atoms with Gasteiger partial charge in [-0.2, -0.15) is 5.10 Å². The summed E-state index contributed by atoms with van der Waals surface area (Å²) in [7, 11) is 0. The Labute approximate surface area is 159 Å². The lowest BCUT2D eigenvalue weighted by atomic mass is 10.2. The maximum absolute atomic E-state index is 12.0. The Morgan fingerprint density at radius 1 is 1.11 bits per heavy atom. The Morgan fingerprint density at radius 2 is 1.89 bits per heavy atom. The van der Waals surface area contributed by atoms with Gasteiger partial charge < -0.3 is 10.3 Å². The average Bonchev–Trinajstić information content (AvgIpc) is 2.65. The summed E-state index contributed by atoms with van der Waals surface area (Å²) in [5.41, 5.74) is 3.76. The monoisotopic (exact) mass is 382 g/mol. The summed E-state index contributed by atoms with van der Waals surface area (Å²) in [6, 6.07) is 13.9. The van der Waals surface area contributed by atoms with Gasteiger partial charge >= 0.3 is 11.8 Å². The van der Waals surface area contributed by atoms with Crippen molar-refractivity contribution in [3.8, 4) is 0 Å². The fourth-order valence-electron chi connectivity index (χ4n) is 2.39. The van der Waals surface area contributed by atoms with Gasteiger partial charge in [0.15, 0.2) is 0 Å². The van der Waals surface area contributed by atoms with E-state index >= 15 is 0 Å². The number of aromatic nitrogens is 1. The van der Waals surface area contributed by atoms with Crippen molar-refractivity contribution in [3.63, 3.8) is 0 Å². The highest BCUT2D eigenvalue weighted by molar-refractivity contribution is 6.40. The average molecular weight is 383 g/mol. The molecule has 3 N–H and O–H groups in total. The van der Waals surface area contributed by atoms with Crippen LogP contribution in [-0.2, 0) is 9.59 Å². The van der Waals surface area contributed by atoms with Gasteiger partial charge in [0.1, 0.15) is 0 Å². The Balaban J connectivity index is 1.68. The van der Waals surface area contributed by atoms with Crippen molar-refractivity contribution in [2.45, 2.75) is 6.92 Å². The van der Waals surface area contributed by atoms with E-state index in [0.717, 1.165) is 5.39 Å². The van der Waals surface area contributed by atoms with Gasteiger partial charge in [0.25, 0.3) is 5.56 Å². The Kier molecular flexibility index (Phi) is 5.33. The topological polar surface area (TPSA) is 103 Å². The molecule has 0 aliphatic carbocycles. The number of nitrogens with zero attached hydrogens (tertiary/aromatic N) is 1. The van der Waals surface area contributed by atoms with Gasteiger partial charge in [0, 0.05) is 16.2 Å². The van der Waals surface area contributed by atoms with E-state index in [1.165, 1.54) is 6.21 Å². The van der Waals surface area contributed by atoms with E-state index in [1.54, 1.807) is 37.3 Å². The van der Waals surface area contributed by atoms with Crippen LogP contribution < -0.4 is 16.3 Å². The zero-order valence-corrected chi connectivity index (χ0v) is 15.0. The van der Waals surface area contributed by atoms with Crippen molar-refractivity contribution in [3.05, 3.63) is 75.0 Å². The predicted octanol–water partition coefficient (Wildman–Crippen LogP) is 2.58. The summed E-state index contributed by atoms with van der Waals surface area (Å²) in [5, 5.41) is 7.43. The number of fused-ring (bicyclic) bond motifs is 1. The third-order valence-electron chi connectivity index (χ3n) is 3.87. The van der Waals surface area contributed by atoms with E-state index in [4.69, 9.17) is 11.6 Å². The zero-order valence-electron chi connectivity index (χ0n) is 14.2. The molecule has 136 valence electrons. The first-order chi connectivity index (χ1) is 13.0. The fourth-order valence-corrected chi connectivity index (χ4v) is 2.57. The summed E-state index contributed by atoms with van der Waals surface area (Å²) in [6.07, 6.45) is 1.18. The van der Waals surface area contributed by atoms with Crippen molar-refractivity contribution < 1.29 is 9.59 Å². The molecule has 0 bridgehead atoms. The number of hydrogen-bond donors (Lipinski definition) is 3. The molecule has 7 nitrogen and oxygen atoms in total. The third-order valence-corrected chi connectivity index (χ3v) is 4.28. The van der Waals surface area contributed by atoms with Crippen LogP contribution >= 0.6 is 11.6 Å². The number of benzene rings is 2. The summed E-state index contributed by atoms with van der Waals surface area (Å²) in [6.45, 7) is 1.72. The molecule has 0 spiro atoms. The number of carbonyl (C=O) groups is 2. The normalized spacial score (nSPS) is 10.9. The highest BCUT2D eigenvalue weighted by atomic mass is 35.5. The van der Waals surface area contributed by atoms with Gasteiger partial charge in [-0.1, -0.05) is 35.9 Å². The lowest BCUT2D eigenvalue weighted by Crippen LogP contribution is -2.32. The molecular weight excluding hydrogens is 368 g/mol. The van der Waals surface area contributed by atoms with Crippen LogP contribution in [0.5, 0.6) is 0 Å². The largest absolute Gasteiger partial charge is 0.329 e. The molecule has 1 aromatic heterocycles. The van der Waals surface area contributed by atoms with Crippen LogP contribution in [0.25, 0.3) is 10.9 Å². The van der Waals surface area contributed by atoms with Crippen LogP contribution in [0.3, 0.4) is 0 Å².